The van der Waals surface area contributed by atoms with Crippen molar-refractivity contribution in [2.75, 3.05) is 6.54 Å². The molecule has 1 aromatic rings. The number of phenols is 1. The Balaban J connectivity index is 2.68. The lowest BCUT2D eigenvalue weighted by atomic mass is 10.1. The van der Waals surface area contributed by atoms with Crippen LogP contribution < -0.4 is 5.73 Å². The number of hydrogen-bond donors (Lipinski definition) is 3. The lowest BCUT2D eigenvalue weighted by Gasteiger charge is -2.08. The monoisotopic (exact) mass is 167 g/mol. The molecule has 0 aromatic heterocycles. The van der Waals surface area contributed by atoms with Crippen LogP contribution in [0, 0.1) is 0 Å². The highest BCUT2D eigenvalue weighted by molar-refractivity contribution is 5.27. The molecule has 1 aromatic carbocycles. The maximum atomic E-state index is 9.45. The zero-order valence-corrected chi connectivity index (χ0v) is 6.77. The summed E-state index contributed by atoms with van der Waals surface area (Å²) < 4.78 is 0. The van der Waals surface area contributed by atoms with E-state index in [4.69, 9.17) is 10.8 Å². The van der Waals surface area contributed by atoms with Crippen LogP contribution in [0.3, 0.4) is 0 Å². The zero-order valence-electron chi connectivity index (χ0n) is 6.77. The first-order valence-corrected chi connectivity index (χ1v) is 3.91. The number of nitrogens with two attached hydrogens (primary N) is 1. The van der Waals surface area contributed by atoms with Crippen molar-refractivity contribution in [3.63, 3.8) is 0 Å². The minimum absolute atomic E-state index is 0.207. The second-order valence-corrected chi connectivity index (χ2v) is 2.68. The van der Waals surface area contributed by atoms with E-state index in [-0.39, 0.29) is 5.75 Å². The van der Waals surface area contributed by atoms with Crippen molar-refractivity contribution in [3.8, 4) is 5.75 Å². The Bertz CT molecular complexity index is 233. The fourth-order valence-corrected chi connectivity index (χ4v) is 1.02. The van der Waals surface area contributed by atoms with E-state index >= 15 is 0 Å². The van der Waals surface area contributed by atoms with Crippen LogP contribution in [0.25, 0.3) is 0 Å². The van der Waals surface area contributed by atoms with Crippen LogP contribution in [0.5, 0.6) is 5.75 Å². The zero-order chi connectivity index (χ0) is 8.97. The SMILES string of the molecule is NCC[C@H](O)c1ccc(O)cc1. The second-order valence-electron chi connectivity index (χ2n) is 2.68. The molecule has 4 N–H and O–H groups in total. The number of rotatable bonds is 3. The predicted molar refractivity (Wildman–Crippen MR) is 46.7 cm³/mol. The van der Waals surface area contributed by atoms with Crippen molar-refractivity contribution < 1.29 is 10.2 Å². The summed E-state index contributed by atoms with van der Waals surface area (Å²) in [5.74, 6) is 0.207. The number of hydrogen-bond acceptors (Lipinski definition) is 3. The number of aliphatic hydroxyl groups is 1. The molecule has 0 radical (unpaired) electrons. The van der Waals surface area contributed by atoms with Crippen molar-refractivity contribution in [2.24, 2.45) is 5.73 Å². The highest BCUT2D eigenvalue weighted by Gasteiger charge is 2.04. The molecule has 0 aliphatic heterocycles. The number of benzene rings is 1. The molecule has 12 heavy (non-hydrogen) atoms. The van der Waals surface area contributed by atoms with Crippen LogP contribution in [0.4, 0.5) is 0 Å². The van der Waals surface area contributed by atoms with Crippen LogP contribution in [0.15, 0.2) is 24.3 Å². The number of aromatic hydroxyl groups is 1. The summed E-state index contributed by atoms with van der Waals surface area (Å²) in [6.07, 6.45) is 0.0284. The van der Waals surface area contributed by atoms with Crippen molar-refractivity contribution in [1.82, 2.24) is 0 Å². The normalized spacial score (nSPS) is 12.8. The molecule has 0 heterocycles. The van der Waals surface area contributed by atoms with Crippen molar-refractivity contribution in [3.05, 3.63) is 29.8 Å². The van der Waals surface area contributed by atoms with Crippen LogP contribution in [-0.2, 0) is 0 Å². The highest BCUT2D eigenvalue weighted by Crippen LogP contribution is 2.18. The van der Waals surface area contributed by atoms with E-state index in [9.17, 15) is 5.11 Å². The van der Waals surface area contributed by atoms with Crippen LogP contribution in [0.2, 0.25) is 0 Å². The Labute approximate surface area is 71.5 Å². The van der Waals surface area contributed by atoms with Gasteiger partial charge in [0.2, 0.25) is 0 Å². The molecular weight excluding hydrogens is 154 g/mol. The lowest BCUT2D eigenvalue weighted by molar-refractivity contribution is 0.170. The van der Waals surface area contributed by atoms with Gasteiger partial charge in [-0.3, -0.25) is 0 Å². The lowest BCUT2D eigenvalue weighted by Crippen LogP contribution is -2.06. The smallest absolute Gasteiger partial charge is 0.115 e. The molecule has 3 heteroatoms. The molecule has 1 rings (SSSR count). The van der Waals surface area contributed by atoms with Gasteiger partial charge in [0.15, 0.2) is 0 Å². The molecule has 0 saturated heterocycles. The van der Waals surface area contributed by atoms with Gasteiger partial charge >= 0.3 is 0 Å². The van der Waals surface area contributed by atoms with Crippen LogP contribution in [-0.4, -0.2) is 16.8 Å². The maximum absolute atomic E-state index is 9.45. The van der Waals surface area contributed by atoms with Gasteiger partial charge in [-0.25, -0.2) is 0 Å². The molecule has 0 aliphatic rings. The van der Waals surface area contributed by atoms with Gasteiger partial charge in [0.25, 0.3) is 0 Å². The second kappa shape index (κ2) is 4.09. The summed E-state index contributed by atoms with van der Waals surface area (Å²) in [5.41, 5.74) is 6.08. The fourth-order valence-electron chi connectivity index (χ4n) is 1.02. The van der Waals surface area contributed by atoms with Gasteiger partial charge in [0.1, 0.15) is 5.75 Å². The van der Waals surface area contributed by atoms with E-state index < -0.39 is 6.10 Å². The van der Waals surface area contributed by atoms with Crippen LogP contribution >= 0.6 is 0 Å². The van der Waals surface area contributed by atoms with E-state index in [1.165, 1.54) is 0 Å². The van der Waals surface area contributed by atoms with E-state index in [1.54, 1.807) is 24.3 Å². The van der Waals surface area contributed by atoms with E-state index in [0.717, 1.165) is 5.56 Å². The van der Waals surface area contributed by atoms with E-state index in [1.807, 2.05) is 0 Å². The standard InChI is InChI=1S/C9H13NO2/c10-6-5-9(12)7-1-3-8(11)4-2-7/h1-4,9,11-12H,5-6,10H2/t9-/m0/s1. The first kappa shape index (κ1) is 9.03. The Hall–Kier alpha value is -1.06. The first-order chi connectivity index (χ1) is 5.74. The Morgan fingerprint density at radius 2 is 1.83 bits per heavy atom. The van der Waals surface area contributed by atoms with Gasteiger partial charge in [-0.05, 0) is 30.7 Å². The molecule has 0 aliphatic carbocycles. The molecule has 0 unspecified atom stereocenters. The molecule has 0 fully saturated rings. The average molecular weight is 167 g/mol. The number of aliphatic hydroxyl groups excluding tert-OH is 1. The van der Waals surface area contributed by atoms with E-state index in [2.05, 4.69) is 0 Å². The Kier molecular flexibility index (Phi) is 3.08. The van der Waals surface area contributed by atoms with Gasteiger partial charge in [0.05, 0.1) is 6.10 Å². The van der Waals surface area contributed by atoms with Gasteiger partial charge in [-0.15, -0.1) is 0 Å². The molecule has 0 bridgehead atoms. The van der Waals surface area contributed by atoms with Crippen molar-refractivity contribution in [2.45, 2.75) is 12.5 Å². The predicted octanol–water partition coefficient (Wildman–Crippen LogP) is 0.774. The van der Waals surface area contributed by atoms with Crippen molar-refractivity contribution >= 4 is 0 Å². The average Bonchev–Trinajstić information content (AvgIpc) is 2.06. The summed E-state index contributed by atoms with van der Waals surface area (Å²) in [6.45, 7) is 0.460. The quantitative estimate of drug-likeness (QED) is 0.623. The molecular formula is C9H13NO2. The molecule has 3 nitrogen and oxygen atoms in total. The molecule has 66 valence electrons. The summed E-state index contributed by atoms with van der Waals surface area (Å²) >= 11 is 0. The topological polar surface area (TPSA) is 66.5 Å². The molecule has 0 spiro atoms. The third-order valence-electron chi connectivity index (χ3n) is 1.72. The first-order valence-electron chi connectivity index (χ1n) is 3.91. The summed E-state index contributed by atoms with van der Waals surface area (Å²) in [6, 6.07) is 6.48. The third-order valence-corrected chi connectivity index (χ3v) is 1.72. The highest BCUT2D eigenvalue weighted by atomic mass is 16.3. The minimum atomic E-state index is -0.518. The van der Waals surface area contributed by atoms with Gasteiger partial charge in [-0.1, -0.05) is 12.1 Å². The third kappa shape index (κ3) is 2.22. The van der Waals surface area contributed by atoms with Crippen LogP contribution in [0.1, 0.15) is 18.1 Å². The summed E-state index contributed by atoms with van der Waals surface area (Å²) in [5, 5.41) is 18.4. The van der Waals surface area contributed by atoms with E-state index in [0.29, 0.717) is 13.0 Å². The van der Waals surface area contributed by atoms with Gasteiger partial charge < -0.3 is 15.9 Å². The molecule has 0 amide bonds. The summed E-state index contributed by atoms with van der Waals surface area (Å²) in [4.78, 5) is 0. The Morgan fingerprint density at radius 3 is 2.33 bits per heavy atom. The molecule has 0 saturated carbocycles. The molecule has 1 atom stereocenters. The number of phenolic OH excluding ortho intramolecular Hbond substituents is 1. The Morgan fingerprint density at radius 1 is 1.25 bits per heavy atom. The minimum Gasteiger partial charge on any atom is -0.508 e. The summed E-state index contributed by atoms with van der Waals surface area (Å²) in [7, 11) is 0. The van der Waals surface area contributed by atoms with Gasteiger partial charge in [-0.2, -0.15) is 0 Å². The largest absolute Gasteiger partial charge is 0.508 e. The maximum Gasteiger partial charge on any atom is 0.115 e. The fraction of sp³-hybridized carbons (Fsp3) is 0.333. The van der Waals surface area contributed by atoms with Gasteiger partial charge in [0, 0.05) is 0 Å². The van der Waals surface area contributed by atoms with Crippen molar-refractivity contribution in [1.29, 1.82) is 0 Å².